The second kappa shape index (κ2) is 5.90. The van der Waals surface area contributed by atoms with E-state index in [0.29, 0.717) is 6.92 Å². The van der Waals surface area contributed by atoms with Crippen LogP contribution in [-0.4, -0.2) is 12.0 Å². The van der Waals surface area contributed by atoms with Gasteiger partial charge in [-0.2, -0.15) is 8.78 Å². The minimum absolute atomic E-state index is 0. The van der Waals surface area contributed by atoms with Gasteiger partial charge in [-0.15, -0.1) is 0 Å². The van der Waals surface area contributed by atoms with Gasteiger partial charge in [0.05, 0.1) is 0 Å². The molecular weight excluding hydrogens is 255 g/mol. The van der Waals surface area contributed by atoms with E-state index in [1.165, 1.54) is 0 Å². The van der Waals surface area contributed by atoms with Crippen molar-refractivity contribution in [2.75, 3.05) is 0 Å². The van der Waals surface area contributed by atoms with E-state index in [1.54, 1.807) is 0 Å². The topological polar surface area (TPSA) is 12.9 Å². The molecule has 8 heteroatoms. The van der Waals surface area contributed by atoms with Gasteiger partial charge in [0.15, 0.2) is 0 Å². The predicted molar refractivity (Wildman–Crippen MR) is 46.6 cm³/mol. The summed E-state index contributed by atoms with van der Waals surface area (Å²) < 4.78 is 61.5. The number of aromatic nitrogens is 1. The molecule has 1 nitrogen and oxygen atoms in total. The molecule has 0 spiro atoms. The molecule has 0 radical (unpaired) electrons. The molecule has 0 N–H and O–H groups in total. The van der Waals surface area contributed by atoms with E-state index in [0.717, 1.165) is 18.3 Å². The average Bonchev–Trinajstić information content (AvgIpc) is 1.99. The van der Waals surface area contributed by atoms with Gasteiger partial charge in [0.2, 0.25) is 0 Å². The largest absolute Gasteiger partial charge is 1.00 e. The van der Waals surface area contributed by atoms with Crippen LogP contribution in [0.2, 0.25) is 0 Å². The third-order valence-corrected chi connectivity index (χ3v) is 1.74. The van der Waals surface area contributed by atoms with E-state index in [1.807, 2.05) is 0 Å². The number of nitrogens with zero attached hydrogens (tertiary/aromatic N) is 1. The smallest absolute Gasteiger partial charge is 0.449 e. The van der Waals surface area contributed by atoms with Crippen LogP contribution in [-0.2, 0) is 12.2 Å². The van der Waals surface area contributed by atoms with Crippen LogP contribution in [0.15, 0.2) is 18.3 Å². The van der Waals surface area contributed by atoms with Crippen LogP contribution in [0.1, 0.15) is 18.2 Å². The van der Waals surface area contributed by atoms with E-state index in [9.17, 15) is 21.7 Å². The van der Waals surface area contributed by atoms with Gasteiger partial charge in [-0.3, -0.25) is 4.98 Å². The van der Waals surface area contributed by atoms with Gasteiger partial charge in [0, 0.05) is 13.1 Å². The van der Waals surface area contributed by atoms with E-state index in [2.05, 4.69) is 4.98 Å². The van der Waals surface area contributed by atoms with E-state index in [-0.39, 0.29) is 56.9 Å². The molecule has 0 bridgehead atoms. The molecule has 0 saturated heterocycles. The summed E-state index contributed by atoms with van der Waals surface area (Å²) in [7, 11) is 0. The molecular formula is C8H8BF5KN. The summed E-state index contributed by atoms with van der Waals surface area (Å²) >= 11 is 0. The number of hydrogen-bond acceptors (Lipinski definition) is 1. The monoisotopic (exact) mass is 263 g/mol. The van der Waals surface area contributed by atoms with Gasteiger partial charge in [-0.05, 0) is 12.1 Å². The summed E-state index contributed by atoms with van der Waals surface area (Å²) in [5, 5.41) is 0. The zero-order valence-corrected chi connectivity index (χ0v) is 12.0. The Morgan fingerprint density at radius 1 is 1.31 bits per heavy atom. The van der Waals surface area contributed by atoms with Gasteiger partial charge < -0.3 is 12.9 Å². The van der Waals surface area contributed by atoms with Crippen molar-refractivity contribution in [1.29, 1.82) is 0 Å². The van der Waals surface area contributed by atoms with Gasteiger partial charge >= 0.3 is 58.4 Å². The zero-order chi connectivity index (χ0) is 11.7. The molecule has 0 aliphatic carbocycles. The van der Waals surface area contributed by atoms with Crippen LogP contribution in [0.5, 0.6) is 0 Å². The standard InChI is InChI=1S/C8H8BF5N.K/c1-8(10,11)7-4-6(2-3-15-7)5-9(12,13)14;/h2-4H,5H2,1H3;/q-1;+1. The second-order valence-electron chi connectivity index (χ2n) is 3.35. The van der Waals surface area contributed by atoms with Crippen LogP contribution in [0.4, 0.5) is 21.7 Å². The molecule has 0 unspecified atom stereocenters. The van der Waals surface area contributed by atoms with Crippen LogP contribution >= 0.6 is 0 Å². The first-order valence-electron chi connectivity index (χ1n) is 4.23. The Labute approximate surface area is 132 Å². The summed E-state index contributed by atoms with van der Waals surface area (Å²) in [6.45, 7) is -4.41. The molecule has 0 aliphatic heterocycles. The van der Waals surface area contributed by atoms with Crippen molar-refractivity contribution >= 4 is 6.98 Å². The van der Waals surface area contributed by atoms with Crippen molar-refractivity contribution < 1.29 is 73.1 Å². The van der Waals surface area contributed by atoms with Gasteiger partial charge in [0.25, 0.3) is 5.92 Å². The van der Waals surface area contributed by atoms with Crippen LogP contribution in [0, 0.1) is 0 Å². The number of rotatable bonds is 3. The maximum absolute atomic E-state index is 12.7. The van der Waals surface area contributed by atoms with E-state index in [4.69, 9.17) is 0 Å². The number of alkyl halides is 2. The van der Waals surface area contributed by atoms with Crippen molar-refractivity contribution in [3.05, 3.63) is 29.6 Å². The normalized spacial score (nSPS) is 12.1. The van der Waals surface area contributed by atoms with Gasteiger partial charge in [-0.1, -0.05) is 11.9 Å². The number of halogens is 5. The molecule has 0 amide bonds. The van der Waals surface area contributed by atoms with Crippen LogP contribution in [0.3, 0.4) is 0 Å². The maximum atomic E-state index is 12.7. The summed E-state index contributed by atoms with van der Waals surface area (Å²) in [6.07, 6.45) is -0.199. The Bertz CT molecular complexity index is 349. The summed E-state index contributed by atoms with van der Waals surface area (Å²) in [5.74, 6) is -3.21. The van der Waals surface area contributed by atoms with Gasteiger partial charge in [0.1, 0.15) is 5.69 Å². The summed E-state index contributed by atoms with van der Waals surface area (Å²) in [5.41, 5.74) is -0.825. The predicted octanol–water partition coefficient (Wildman–Crippen LogP) is 0.126. The first kappa shape index (κ1) is 16.5. The fourth-order valence-corrected chi connectivity index (χ4v) is 1.11. The van der Waals surface area contributed by atoms with Crippen molar-refractivity contribution in [2.45, 2.75) is 19.2 Å². The van der Waals surface area contributed by atoms with Crippen molar-refractivity contribution in [3.8, 4) is 0 Å². The average molecular weight is 263 g/mol. The molecule has 0 atom stereocenters. The molecule has 0 aliphatic rings. The summed E-state index contributed by atoms with van der Waals surface area (Å²) in [6, 6.07) is 1.87. The Morgan fingerprint density at radius 2 is 1.88 bits per heavy atom. The Balaban J connectivity index is 0.00000225. The first-order chi connectivity index (χ1) is 6.68. The fourth-order valence-electron chi connectivity index (χ4n) is 1.11. The Hall–Kier alpha value is 0.501. The van der Waals surface area contributed by atoms with Crippen molar-refractivity contribution in [2.24, 2.45) is 0 Å². The molecule has 16 heavy (non-hydrogen) atoms. The minimum Gasteiger partial charge on any atom is -0.449 e. The van der Waals surface area contributed by atoms with E-state index < -0.39 is 24.9 Å². The molecule has 0 aromatic carbocycles. The Morgan fingerprint density at radius 3 is 2.31 bits per heavy atom. The molecule has 0 fully saturated rings. The second-order valence-corrected chi connectivity index (χ2v) is 3.35. The molecule has 1 aromatic heterocycles. The molecule has 1 heterocycles. The minimum atomic E-state index is -5.01. The van der Waals surface area contributed by atoms with Crippen molar-refractivity contribution in [1.82, 2.24) is 4.98 Å². The number of pyridine rings is 1. The molecule has 0 saturated carbocycles. The van der Waals surface area contributed by atoms with Crippen LogP contribution < -0.4 is 51.4 Å². The third-order valence-electron chi connectivity index (χ3n) is 1.74. The zero-order valence-electron chi connectivity index (χ0n) is 8.85. The quantitative estimate of drug-likeness (QED) is 0.558. The van der Waals surface area contributed by atoms with Crippen molar-refractivity contribution in [3.63, 3.8) is 0 Å². The van der Waals surface area contributed by atoms with Crippen LogP contribution in [0.25, 0.3) is 0 Å². The molecule has 1 rings (SSSR count). The van der Waals surface area contributed by atoms with E-state index >= 15 is 0 Å². The third kappa shape index (κ3) is 5.72. The fraction of sp³-hybridized carbons (Fsp3) is 0.375. The molecule has 84 valence electrons. The Kier molecular flexibility index (Phi) is 6.09. The first-order valence-corrected chi connectivity index (χ1v) is 4.23. The SMILES string of the molecule is CC(F)(F)c1cc(C[B-](F)(F)F)ccn1.[K+]. The number of hydrogen-bond donors (Lipinski definition) is 0. The molecule has 1 aromatic rings. The summed E-state index contributed by atoms with van der Waals surface area (Å²) in [4.78, 5) is 3.33. The maximum Gasteiger partial charge on any atom is 1.00 e. The van der Waals surface area contributed by atoms with Gasteiger partial charge in [-0.25, -0.2) is 0 Å².